The van der Waals surface area contributed by atoms with E-state index in [9.17, 15) is 9.50 Å². The van der Waals surface area contributed by atoms with Crippen LogP contribution in [0.1, 0.15) is 49.4 Å². The first kappa shape index (κ1) is 18.8. The molecule has 0 spiro atoms. The van der Waals surface area contributed by atoms with E-state index < -0.39 is 6.10 Å². The zero-order valence-corrected chi connectivity index (χ0v) is 15.9. The lowest BCUT2D eigenvalue weighted by atomic mass is 9.90. The highest BCUT2D eigenvalue weighted by molar-refractivity contribution is 5.62. The fourth-order valence-electron chi connectivity index (χ4n) is 3.73. The van der Waals surface area contributed by atoms with Gasteiger partial charge >= 0.3 is 0 Å². The first-order valence-electron chi connectivity index (χ1n) is 9.07. The Morgan fingerprint density at radius 3 is 2.58 bits per heavy atom. The molecular formula is C21H27FN2O2. The van der Waals surface area contributed by atoms with Crippen molar-refractivity contribution < 1.29 is 14.2 Å². The van der Waals surface area contributed by atoms with Gasteiger partial charge in [0.05, 0.1) is 23.7 Å². The SMILES string of the molecule is CCN1CC(C)(C)c2nc(C(CO)OC)c(Cc3ccc(F)cc3)cc21. The average Bonchev–Trinajstić information content (AvgIpc) is 2.88. The maximum Gasteiger partial charge on any atom is 0.123 e. The fraction of sp³-hybridized carbons (Fsp3) is 0.476. The second-order valence-corrected chi connectivity index (χ2v) is 7.51. The van der Waals surface area contributed by atoms with Gasteiger partial charge in [0.1, 0.15) is 11.9 Å². The summed E-state index contributed by atoms with van der Waals surface area (Å²) < 4.78 is 18.7. The number of hydrogen-bond donors (Lipinski definition) is 1. The molecule has 1 aromatic heterocycles. The smallest absolute Gasteiger partial charge is 0.123 e. The number of halogens is 1. The van der Waals surface area contributed by atoms with Crippen LogP contribution in [0.15, 0.2) is 30.3 Å². The summed E-state index contributed by atoms with van der Waals surface area (Å²) in [6, 6.07) is 8.68. The van der Waals surface area contributed by atoms with Gasteiger partial charge in [-0.25, -0.2) is 4.39 Å². The van der Waals surface area contributed by atoms with Crippen molar-refractivity contribution in [2.75, 3.05) is 31.7 Å². The second kappa shape index (κ2) is 7.33. The number of ether oxygens (including phenoxy) is 1. The first-order chi connectivity index (χ1) is 12.4. The van der Waals surface area contributed by atoms with Crippen LogP contribution >= 0.6 is 0 Å². The van der Waals surface area contributed by atoms with E-state index in [1.165, 1.54) is 12.1 Å². The van der Waals surface area contributed by atoms with Gasteiger partial charge in [-0.3, -0.25) is 4.98 Å². The number of aromatic nitrogens is 1. The Kier molecular flexibility index (Phi) is 5.30. The van der Waals surface area contributed by atoms with Crippen LogP contribution in [0.25, 0.3) is 0 Å². The van der Waals surface area contributed by atoms with Gasteiger partial charge in [0.25, 0.3) is 0 Å². The van der Waals surface area contributed by atoms with E-state index >= 15 is 0 Å². The van der Waals surface area contributed by atoms with E-state index in [0.717, 1.165) is 41.3 Å². The largest absolute Gasteiger partial charge is 0.393 e. The van der Waals surface area contributed by atoms with Gasteiger partial charge in [-0.2, -0.15) is 0 Å². The van der Waals surface area contributed by atoms with Crippen molar-refractivity contribution in [3.8, 4) is 0 Å². The van der Waals surface area contributed by atoms with E-state index in [4.69, 9.17) is 9.72 Å². The predicted molar refractivity (Wildman–Crippen MR) is 101 cm³/mol. The number of nitrogens with zero attached hydrogens (tertiary/aromatic N) is 2. The molecule has 0 saturated heterocycles. The van der Waals surface area contributed by atoms with E-state index in [1.807, 2.05) is 0 Å². The van der Waals surface area contributed by atoms with Crippen LogP contribution in [-0.4, -0.2) is 36.9 Å². The molecule has 26 heavy (non-hydrogen) atoms. The van der Waals surface area contributed by atoms with Crippen LogP contribution in [0.3, 0.4) is 0 Å². The molecule has 2 aromatic rings. The van der Waals surface area contributed by atoms with Gasteiger partial charge in [-0.05, 0) is 42.7 Å². The van der Waals surface area contributed by atoms with Gasteiger partial charge in [0.2, 0.25) is 0 Å². The number of aliphatic hydroxyl groups is 1. The molecule has 0 fully saturated rings. The summed E-state index contributed by atoms with van der Waals surface area (Å²) in [4.78, 5) is 7.29. The molecule has 0 bridgehead atoms. The maximum absolute atomic E-state index is 13.2. The molecule has 0 aliphatic carbocycles. The molecule has 1 unspecified atom stereocenters. The molecule has 1 atom stereocenters. The highest BCUT2D eigenvalue weighted by Gasteiger charge is 2.37. The molecule has 4 nitrogen and oxygen atoms in total. The van der Waals surface area contributed by atoms with Crippen LogP contribution in [-0.2, 0) is 16.6 Å². The van der Waals surface area contributed by atoms with E-state index in [1.54, 1.807) is 19.2 Å². The Hall–Kier alpha value is -1.98. The monoisotopic (exact) mass is 358 g/mol. The van der Waals surface area contributed by atoms with Crippen molar-refractivity contribution in [2.45, 2.75) is 38.7 Å². The van der Waals surface area contributed by atoms with Crippen molar-refractivity contribution in [3.05, 3.63) is 58.7 Å². The van der Waals surface area contributed by atoms with E-state index in [-0.39, 0.29) is 17.8 Å². The molecule has 0 radical (unpaired) electrons. The topological polar surface area (TPSA) is 45.6 Å². The molecule has 1 aliphatic rings. The molecule has 1 aliphatic heterocycles. The zero-order valence-electron chi connectivity index (χ0n) is 15.9. The third-order valence-corrected chi connectivity index (χ3v) is 5.13. The van der Waals surface area contributed by atoms with Crippen molar-refractivity contribution in [3.63, 3.8) is 0 Å². The molecule has 140 valence electrons. The molecule has 5 heteroatoms. The lowest BCUT2D eigenvalue weighted by molar-refractivity contribution is 0.0447. The number of hydrogen-bond acceptors (Lipinski definition) is 4. The summed E-state index contributed by atoms with van der Waals surface area (Å²) in [5.41, 5.74) is 4.92. The molecule has 0 amide bonds. The number of methoxy groups -OCH3 is 1. The Morgan fingerprint density at radius 1 is 1.31 bits per heavy atom. The lowest BCUT2D eigenvalue weighted by Crippen LogP contribution is -2.28. The van der Waals surface area contributed by atoms with E-state index in [2.05, 4.69) is 31.7 Å². The fourth-order valence-corrected chi connectivity index (χ4v) is 3.73. The van der Waals surface area contributed by atoms with Gasteiger partial charge < -0.3 is 14.7 Å². The number of anilines is 1. The van der Waals surface area contributed by atoms with Crippen LogP contribution in [0.5, 0.6) is 0 Å². The highest BCUT2D eigenvalue weighted by Crippen LogP contribution is 2.41. The van der Waals surface area contributed by atoms with Gasteiger partial charge in [0.15, 0.2) is 0 Å². The molecule has 0 saturated carbocycles. The molecule has 1 aromatic carbocycles. The van der Waals surface area contributed by atoms with Crippen LogP contribution < -0.4 is 4.90 Å². The Morgan fingerprint density at radius 2 is 2.00 bits per heavy atom. The molecular weight excluding hydrogens is 331 g/mol. The van der Waals surface area contributed by atoms with Crippen LogP contribution in [0.2, 0.25) is 0 Å². The first-order valence-corrected chi connectivity index (χ1v) is 9.07. The number of benzene rings is 1. The molecule has 1 N–H and O–H groups in total. The quantitative estimate of drug-likeness (QED) is 0.857. The summed E-state index contributed by atoms with van der Waals surface area (Å²) >= 11 is 0. The lowest BCUT2D eigenvalue weighted by Gasteiger charge is -2.21. The Balaban J connectivity index is 2.10. The second-order valence-electron chi connectivity index (χ2n) is 7.51. The number of likely N-dealkylation sites (N-methyl/N-ethyl adjacent to an activating group) is 1. The standard InChI is InChI=1S/C21H27FN2O2/c1-5-24-13-21(2,3)20-17(24)11-15(19(23-20)18(12-25)26-4)10-14-6-8-16(22)9-7-14/h6-9,11,18,25H,5,10,12-13H2,1-4H3. The minimum absolute atomic E-state index is 0.0533. The molecule has 2 heterocycles. The summed E-state index contributed by atoms with van der Waals surface area (Å²) in [6.45, 7) is 8.24. The minimum atomic E-state index is -0.470. The predicted octanol–water partition coefficient (Wildman–Crippen LogP) is 3.61. The maximum atomic E-state index is 13.2. The van der Waals surface area contributed by atoms with Gasteiger partial charge in [-0.15, -0.1) is 0 Å². The van der Waals surface area contributed by atoms with Crippen molar-refractivity contribution in [2.24, 2.45) is 0 Å². The van der Waals surface area contributed by atoms with Crippen molar-refractivity contribution >= 4 is 5.69 Å². The highest BCUT2D eigenvalue weighted by atomic mass is 19.1. The summed E-state index contributed by atoms with van der Waals surface area (Å²) in [5, 5.41) is 9.76. The minimum Gasteiger partial charge on any atom is -0.393 e. The van der Waals surface area contributed by atoms with Gasteiger partial charge in [-0.1, -0.05) is 26.0 Å². The Labute approximate surface area is 154 Å². The molecule has 3 rings (SSSR count). The number of fused-ring (bicyclic) bond motifs is 1. The Bertz CT molecular complexity index is 770. The third kappa shape index (κ3) is 3.46. The number of pyridine rings is 1. The van der Waals surface area contributed by atoms with Crippen molar-refractivity contribution in [1.82, 2.24) is 4.98 Å². The van der Waals surface area contributed by atoms with Crippen molar-refractivity contribution in [1.29, 1.82) is 0 Å². The summed E-state index contributed by atoms with van der Waals surface area (Å²) in [5.74, 6) is -0.245. The normalized spacial score (nSPS) is 16.6. The summed E-state index contributed by atoms with van der Waals surface area (Å²) in [7, 11) is 1.58. The zero-order chi connectivity index (χ0) is 18.9. The number of rotatable bonds is 6. The van der Waals surface area contributed by atoms with E-state index in [0.29, 0.717) is 6.42 Å². The van der Waals surface area contributed by atoms with Gasteiger partial charge in [0, 0.05) is 25.6 Å². The average molecular weight is 358 g/mol. The third-order valence-electron chi connectivity index (χ3n) is 5.13. The van der Waals surface area contributed by atoms with Crippen LogP contribution in [0.4, 0.5) is 10.1 Å². The number of aliphatic hydroxyl groups excluding tert-OH is 1. The summed E-state index contributed by atoms with van der Waals surface area (Å²) in [6.07, 6.45) is 0.149. The van der Waals surface area contributed by atoms with Crippen LogP contribution in [0, 0.1) is 5.82 Å².